The standard InChI is InChI=1S/2C4H9.2CHNO.2ClH.Sn/c2*1-3-4-2;2*2-1-3;;;/h2*1,3-4H2,2H3;2*2H;2*1H;/q;;;;;;+2/p-2. The van der Waals surface area contributed by atoms with Gasteiger partial charge in [0.25, 0.3) is 0 Å². The Morgan fingerprint density at radius 3 is 1.35 bits per heavy atom. The summed E-state index contributed by atoms with van der Waals surface area (Å²) in [5, 5.41) is 10.8. The second-order valence-electron chi connectivity index (χ2n) is 3.27. The predicted octanol–water partition coefficient (Wildman–Crippen LogP) is 4.31. The maximum absolute atomic E-state index is 8.35. The molecule has 4 nitrogen and oxygen atoms in total. The largest absolute Gasteiger partial charge is 0.231 e. The van der Waals surface area contributed by atoms with Crippen molar-refractivity contribution in [2.45, 2.75) is 48.4 Å². The van der Waals surface area contributed by atoms with Gasteiger partial charge in [-0.2, -0.15) is 0 Å². The van der Waals surface area contributed by atoms with Crippen molar-refractivity contribution in [1.29, 1.82) is 10.8 Å². The van der Waals surface area contributed by atoms with E-state index in [1.54, 1.807) is 0 Å². The van der Waals surface area contributed by atoms with Crippen LogP contribution < -0.4 is 0 Å². The molecule has 0 aliphatic rings. The molecule has 2 N–H and O–H groups in total. The van der Waals surface area contributed by atoms with Crippen LogP contribution in [0.4, 0.5) is 0 Å². The van der Waals surface area contributed by atoms with Crippen LogP contribution >= 0.6 is 17.8 Å². The first kappa shape index (κ1) is 22.3. The topological polar surface area (TPSA) is 81.8 Å². The van der Waals surface area contributed by atoms with Crippen molar-refractivity contribution in [2.75, 3.05) is 0 Å². The van der Waals surface area contributed by atoms with E-state index < -0.39 is 16.1 Å². The number of hydrogen-bond acceptors (Lipinski definition) is 4. The normalized spacial score (nSPS) is 8.71. The van der Waals surface area contributed by atoms with Gasteiger partial charge in [-0.1, -0.05) is 0 Å². The summed E-state index contributed by atoms with van der Waals surface area (Å²) in [6, 6.07) is 0. The van der Waals surface area contributed by atoms with Gasteiger partial charge in [0.1, 0.15) is 0 Å². The zero-order valence-corrected chi connectivity index (χ0v) is 14.7. The number of rotatable bonds is 6. The number of carbonyl (C=O) groups excluding carboxylic acids is 2. The van der Waals surface area contributed by atoms with Crippen LogP contribution in [-0.4, -0.2) is 28.3 Å². The molecule has 0 rings (SSSR count). The van der Waals surface area contributed by atoms with Crippen molar-refractivity contribution in [1.82, 2.24) is 0 Å². The molecule has 0 aromatic carbocycles. The molecule has 0 atom stereocenters. The Hall–Kier alpha value is 0.139. The zero-order chi connectivity index (χ0) is 14.2. The van der Waals surface area contributed by atoms with E-state index in [9.17, 15) is 0 Å². The van der Waals surface area contributed by atoms with Crippen molar-refractivity contribution in [3.05, 3.63) is 0 Å². The van der Waals surface area contributed by atoms with Gasteiger partial charge in [0.15, 0.2) is 0 Å². The molecule has 0 spiro atoms. The molecule has 0 bridgehead atoms. The molecule has 0 aliphatic heterocycles. The number of halogens is 2. The summed E-state index contributed by atoms with van der Waals surface area (Å²) in [7, 11) is 12.5. The van der Waals surface area contributed by atoms with E-state index >= 15 is 0 Å². The Kier molecular flexibility index (Phi) is 24.3. The van der Waals surface area contributed by atoms with Gasteiger partial charge in [0.2, 0.25) is 12.2 Å². The van der Waals surface area contributed by atoms with Gasteiger partial charge in [-0.15, -0.1) is 0 Å². The SMILES string of the molecule is CCC[CH2][Sn]([Cl])([Cl])[CH2]CCC.N=C=O.N=C=O. The van der Waals surface area contributed by atoms with Crippen LogP contribution in [0.2, 0.25) is 8.87 Å². The Morgan fingerprint density at radius 1 is 0.941 bits per heavy atom. The smallest absolute Gasteiger partial charge is 0.222 e. The molecule has 0 fully saturated rings. The minimum absolute atomic E-state index is 0.750. The average Bonchev–Trinajstić information content (AvgIpc) is 2.26. The summed E-state index contributed by atoms with van der Waals surface area (Å²) < 4.78 is 2.29. The second kappa shape index (κ2) is 18.5. The Morgan fingerprint density at radius 2 is 1.18 bits per heavy atom. The van der Waals surface area contributed by atoms with E-state index in [1.807, 2.05) is 0 Å². The van der Waals surface area contributed by atoms with Crippen LogP contribution in [0, 0.1) is 10.8 Å². The number of isocyanates is 2. The molecule has 0 amide bonds. The fourth-order valence-corrected chi connectivity index (χ4v) is 10.3. The van der Waals surface area contributed by atoms with Crippen molar-refractivity contribution < 1.29 is 9.59 Å². The number of nitrogens with one attached hydrogen (secondary N) is 2. The Balaban J connectivity index is -0.000000273. The van der Waals surface area contributed by atoms with Gasteiger partial charge < -0.3 is 0 Å². The number of hydrogen-bond donors (Lipinski definition) is 2. The van der Waals surface area contributed by atoms with Crippen LogP contribution in [0.15, 0.2) is 0 Å². The van der Waals surface area contributed by atoms with Gasteiger partial charge in [-0.3, -0.25) is 0 Å². The van der Waals surface area contributed by atoms with Crippen molar-refractivity contribution in [3.8, 4) is 0 Å². The van der Waals surface area contributed by atoms with Gasteiger partial charge in [0, 0.05) is 0 Å². The van der Waals surface area contributed by atoms with E-state index in [2.05, 4.69) is 13.8 Å². The fourth-order valence-electron chi connectivity index (χ4n) is 0.996. The molecule has 100 valence electrons. The first-order valence-electron chi connectivity index (χ1n) is 5.41. The summed E-state index contributed by atoms with van der Waals surface area (Å²) in [4.78, 5) is 16.7. The minimum Gasteiger partial charge on any atom is -0.222 e. The van der Waals surface area contributed by atoms with Gasteiger partial charge in [0.05, 0.1) is 0 Å². The van der Waals surface area contributed by atoms with E-state index in [0.29, 0.717) is 0 Å². The van der Waals surface area contributed by atoms with Crippen molar-refractivity contribution >= 4 is 46.1 Å². The van der Waals surface area contributed by atoms with E-state index in [4.69, 9.17) is 38.2 Å². The van der Waals surface area contributed by atoms with E-state index in [0.717, 1.165) is 21.0 Å². The van der Waals surface area contributed by atoms with Crippen molar-refractivity contribution in [3.63, 3.8) is 0 Å². The van der Waals surface area contributed by atoms with E-state index in [-0.39, 0.29) is 0 Å². The molecule has 0 unspecified atom stereocenters. The predicted molar refractivity (Wildman–Crippen MR) is 73.7 cm³/mol. The molecule has 0 aliphatic carbocycles. The van der Waals surface area contributed by atoms with Gasteiger partial charge in [-0.25, -0.2) is 20.4 Å². The Labute approximate surface area is 114 Å². The maximum Gasteiger partial charge on any atom is 0.231 e. The third-order valence-corrected chi connectivity index (χ3v) is 13.1. The van der Waals surface area contributed by atoms with Crippen molar-refractivity contribution in [2.24, 2.45) is 0 Å². The summed E-state index contributed by atoms with van der Waals surface area (Å²) in [5.74, 6) is 0. The second-order valence-corrected chi connectivity index (χ2v) is 22.0. The summed E-state index contributed by atoms with van der Waals surface area (Å²) in [6.07, 6.45) is 6.41. The molecule has 0 saturated carbocycles. The third kappa shape index (κ3) is 31.4. The Bertz CT molecular complexity index is 204. The molecule has 7 heteroatoms. The van der Waals surface area contributed by atoms with Gasteiger partial charge >= 0.3 is 82.4 Å². The fraction of sp³-hybridized carbons (Fsp3) is 0.800. The molecule has 0 radical (unpaired) electrons. The van der Waals surface area contributed by atoms with E-state index in [1.165, 1.54) is 25.7 Å². The molecule has 17 heavy (non-hydrogen) atoms. The molecule has 0 saturated heterocycles. The molecular formula is C10H20Cl2N2O2Sn. The first-order valence-corrected chi connectivity index (χ1v) is 16.7. The summed E-state index contributed by atoms with van der Waals surface area (Å²) in [6.45, 7) is 4.38. The maximum atomic E-state index is 8.35. The molecular weight excluding hydrogens is 370 g/mol. The van der Waals surface area contributed by atoms with Crippen LogP contribution in [0.1, 0.15) is 39.5 Å². The van der Waals surface area contributed by atoms with Crippen LogP contribution in [0.25, 0.3) is 0 Å². The summed E-state index contributed by atoms with van der Waals surface area (Å²) >= 11 is -2.49. The van der Waals surface area contributed by atoms with Crippen LogP contribution in [0.5, 0.6) is 0 Å². The average molecular weight is 390 g/mol. The summed E-state index contributed by atoms with van der Waals surface area (Å²) in [5.41, 5.74) is 0. The van der Waals surface area contributed by atoms with Crippen LogP contribution in [-0.2, 0) is 9.59 Å². The minimum atomic E-state index is -2.49. The number of unbranched alkanes of at least 4 members (excludes halogenated alkanes) is 2. The van der Waals surface area contributed by atoms with Gasteiger partial charge in [-0.05, 0) is 0 Å². The molecule has 0 heterocycles. The van der Waals surface area contributed by atoms with Crippen LogP contribution in [0.3, 0.4) is 0 Å². The quantitative estimate of drug-likeness (QED) is 0.403. The third-order valence-electron chi connectivity index (χ3n) is 1.79. The molecule has 0 aromatic rings. The monoisotopic (exact) mass is 390 g/mol. The zero-order valence-electron chi connectivity index (χ0n) is 10.3. The first-order chi connectivity index (χ1) is 7.95. The molecule has 0 aromatic heterocycles.